The zero-order valence-corrected chi connectivity index (χ0v) is 39.7. The molecule has 12 rings (SSSR count). The van der Waals surface area contributed by atoms with Crippen LogP contribution in [0.25, 0.3) is 22.3 Å². The SMILES string of the molecule is CC1(C)c2ccccc2-c2ccc(N3c4cc5c(cc4B4c6sc7c(c6N(c6ccccc6)c6cccc3c64)-c3ccccc3C7(C)C)N(C(C)(C)C)C(C)(C)N5C(C)(C)C)cc21. The van der Waals surface area contributed by atoms with Gasteiger partial charge in [0.25, 0.3) is 6.71 Å². The Balaban J connectivity index is 1.20. The molecule has 63 heavy (non-hydrogen) atoms. The lowest BCUT2D eigenvalue weighted by Gasteiger charge is -2.51. The van der Waals surface area contributed by atoms with Crippen molar-refractivity contribution < 1.29 is 0 Å². The largest absolute Gasteiger partial charge is 0.343 e. The monoisotopic (exact) mass is 840 g/mol. The Morgan fingerprint density at radius 1 is 0.476 bits per heavy atom. The third-order valence-corrected chi connectivity index (χ3v) is 16.7. The fraction of sp³-hybridized carbons (Fsp3) is 0.298. The molecule has 7 aromatic rings. The minimum atomic E-state index is -0.283. The van der Waals surface area contributed by atoms with E-state index in [1.54, 1.807) is 0 Å². The van der Waals surface area contributed by atoms with Crippen LogP contribution in [0.3, 0.4) is 0 Å². The minimum Gasteiger partial charge on any atom is -0.343 e. The molecule has 6 aromatic carbocycles. The van der Waals surface area contributed by atoms with Gasteiger partial charge in [0.15, 0.2) is 0 Å². The number of rotatable bonds is 2. The van der Waals surface area contributed by atoms with Gasteiger partial charge in [-0.1, -0.05) is 107 Å². The lowest BCUT2D eigenvalue weighted by Crippen LogP contribution is -2.63. The van der Waals surface area contributed by atoms with Crippen molar-refractivity contribution in [2.24, 2.45) is 0 Å². The van der Waals surface area contributed by atoms with Crippen LogP contribution in [-0.2, 0) is 10.8 Å². The first-order valence-corrected chi connectivity index (χ1v) is 23.7. The lowest BCUT2D eigenvalue weighted by molar-refractivity contribution is 0.313. The summed E-state index contributed by atoms with van der Waals surface area (Å²) in [6, 6.07) is 48.9. The average Bonchev–Trinajstić information content (AvgIpc) is 3.88. The first kappa shape index (κ1) is 38.9. The molecule has 2 aliphatic carbocycles. The summed E-state index contributed by atoms with van der Waals surface area (Å²) in [7, 11) is 0. The fourth-order valence-electron chi connectivity index (χ4n) is 13.2. The molecule has 0 unspecified atom stereocenters. The van der Waals surface area contributed by atoms with Gasteiger partial charge in [-0.05, 0) is 148 Å². The second-order valence-electron chi connectivity index (χ2n) is 22.1. The molecule has 0 saturated carbocycles. The summed E-state index contributed by atoms with van der Waals surface area (Å²) in [5.74, 6) is 0. The molecular formula is C57H57BN4S. The molecular weight excluding hydrogens is 784 g/mol. The van der Waals surface area contributed by atoms with Gasteiger partial charge < -0.3 is 19.6 Å². The van der Waals surface area contributed by atoms with Crippen molar-refractivity contribution in [3.05, 3.63) is 149 Å². The summed E-state index contributed by atoms with van der Waals surface area (Å²) in [6.07, 6.45) is 0. The van der Waals surface area contributed by atoms with Gasteiger partial charge in [0.05, 0.1) is 17.1 Å². The fourth-order valence-corrected chi connectivity index (χ4v) is 14.7. The molecule has 0 saturated heterocycles. The molecule has 0 spiro atoms. The van der Waals surface area contributed by atoms with Crippen LogP contribution in [0.15, 0.2) is 127 Å². The number of nitrogens with zero attached hydrogens (tertiary/aromatic N) is 4. The Labute approximate surface area is 378 Å². The van der Waals surface area contributed by atoms with Crippen LogP contribution >= 0.6 is 11.3 Å². The van der Waals surface area contributed by atoms with E-state index in [1.165, 1.54) is 105 Å². The van der Waals surface area contributed by atoms with Crippen molar-refractivity contribution >= 4 is 79.3 Å². The summed E-state index contributed by atoms with van der Waals surface area (Å²) in [4.78, 5) is 12.1. The highest BCUT2D eigenvalue weighted by molar-refractivity contribution is 7.29. The van der Waals surface area contributed by atoms with Crippen molar-refractivity contribution in [2.45, 2.75) is 111 Å². The maximum absolute atomic E-state index is 2.70. The number of thiophene rings is 1. The highest BCUT2D eigenvalue weighted by atomic mass is 32.1. The van der Waals surface area contributed by atoms with Crippen LogP contribution in [0.1, 0.15) is 105 Å². The number of benzene rings is 6. The van der Waals surface area contributed by atoms with Gasteiger partial charge in [0, 0.05) is 65.6 Å². The topological polar surface area (TPSA) is 13.0 Å². The van der Waals surface area contributed by atoms with E-state index in [-0.39, 0.29) is 34.3 Å². The summed E-state index contributed by atoms with van der Waals surface area (Å²) in [5, 5.41) is 0. The van der Waals surface area contributed by atoms with Crippen LogP contribution in [-0.4, -0.2) is 23.5 Å². The van der Waals surface area contributed by atoms with E-state index in [2.05, 4.69) is 241 Å². The number of hydrogen-bond acceptors (Lipinski definition) is 5. The number of hydrogen-bond donors (Lipinski definition) is 0. The van der Waals surface area contributed by atoms with E-state index in [0.717, 1.165) is 0 Å². The summed E-state index contributed by atoms with van der Waals surface area (Å²) >= 11 is 2.05. The maximum atomic E-state index is 2.70. The quantitative estimate of drug-likeness (QED) is 0.161. The first-order valence-electron chi connectivity index (χ1n) is 22.9. The zero-order chi connectivity index (χ0) is 43.9. The molecule has 4 nitrogen and oxygen atoms in total. The Hall–Kier alpha value is -5.72. The average molecular weight is 841 g/mol. The predicted octanol–water partition coefficient (Wildman–Crippen LogP) is 13.4. The Bertz CT molecular complexity index is 3100. The standard InChI is InChI=1S/C57H57BN4S/c1-53(2,3)61-46-32-42-45(33-47(46)62(54(4,5)6)57(61,11)12)59(35-29-30-37-36-23-16-18-25-39(36)55(7,8)41(37)31-35)43-27-20-28-44-49(43)58(42)52-50(60(44)34-21-14-13-15-22-34)48-38-24-17-19-26-40(38)56(9,10)51(48)63-52/h13-33H,1-12H3. The first-order chi connectivity index (χ1) is 29.8. The van der Waals surface area contributed by atoms with E-state index >= 15 is 0 Å². The van der Waals surface area contributed by atoms with E-state index in [1.807, 2.05) is 0 Å². The molecule has 0 radical (unpaired) electrons. The maximum Gasteiger partial charge on any atom is 0.264 e. The van der Waals surface area contributed by atoms with Gasteiger partial charge >= 0.3 is 0 Å². The Kier molecular flexibility index (Phi) is 7.60. The van der Waals surface area contributed by atoms with E-state index < -0.39 is 0 Å². The molecule has 6 heteroatoms. The van der Waals surface area contributed by atoms with Crippen LogP contribution in [0.4, 0.5) is 45.5 Å². The molecule has 0 atom stereocenters. The predicted molar refractivity (Wildman–Crippen MR) is 272 cm³/mol. The smallest absolute Gasteiger partial charge is 0.264 e. The summed E-state index contributed by atoms with van der Waals surface area (Å²) in [6.45, 7) is 28.8. The molecule has 0 N–H and O–H groups in total. The van der Waals surface area contributed by atoms with E-state index in [0.29, 0.717) is 0 Å². The van der Waals surface area contributed by atoms with E-state index in [9.17, 15) is 0 Å². The van der Waals surface area contributed by atoms with Gasteiger partial charge in [-0.3, -0.25) is 0 Å². The normalized spacial score (nSPS) is 17.7. The number of para-hydroxylation sites is 1. The Morgan fingerprint density at radius 2 is 1.05 bits per heavy atom. The van der Waals surface area contributed by atoms with Crippen molar-refractivity contribution in [3.8, 4) is 22.3 Å². The minimum absolute atomic E-state index is 0.0324. The van der Waals surface area contributed by atoms with Crippen molar-refractivity contribution in [1.82, 2.24) is 0 Å². The Morgan fingerprint density at radius 3 is 1.71 bits per heavy atom. The number of fused-ring (bicyclic) bond motifs is 12. The molecule has 0 bridgehead atoms. The molecule has 0 fully saturated rings. The van der Waals surface area contributed by atoms with Crippen LogP contribution in [0.2, 0.25) is 0 Å². The summed E-state index contributed by atoms with van der Waals surface area (Å²) in [5.41, 5.74) is 21.7. The molecule has 314 valence electrons. The molecule has 4 heterocycles. The lowest BCUT2D eigenvalue weighted by atomic mass is 9.36. The third-order valence-electron chi connectivity index (χ3n) is 15.1. The van der Waals surface area contributed by atoms with Crippen LogP contribution in [0.5, 0.6) is 0 Å². The molecule has 0 amide bonds. The van der Waals surface area contributed by atoms with Gasteiger partial charge in [-0.25, -0.2) is 0 Å². The van der Waals surface area contributed by atoms with E-state index in [4.69, 9.17) is 0 Å². The van der Waals surface area contributed by atoms with Gasteiger partial charge in [0.1, 0.15) is 5.66 Å². The van der Waals surface area contributed by atoms with Crippen molar-refractivity contribution in [3.63, 3.8) is 0 Å². The highest BCUT2D eigenvalue weighted by Crippen LogP contribution is 2.60. The second kappa shape index (κ2) is 12.3. The van der Waals surface area contributed by atoms with Gasteiger partial charge in [0.2, 0.25) is 0 Å². The van der Waals surface area contributed by atoms with Gasteiger partial charge in [-0.2, -0.15) is 11.3 Å². The van der Waals surface area contributed by atoms with Crippen LogP contribution in [0, 0.1) is 0 Å². The third kappa shape index (κ3) is 4.94. The second-order valence-corrected chi connectivity index (χ2v) is 23.2. The molecule has 1 aromatic heterocycles. The van der Waals surface area contributed by atoms with Crippen LogP contribution < -0.4 is 35.3 Å². The van der Waals surface area contributed by atoms with Gasteiger partial charge in [-0.15, -0.1) is 0 Å². The molecule has 5 aliphatic rings. The highest BCUT2D eigenvalue weighted by Gasteiger charge is 2.54. The summed E-state index contributed by atoms with van der Waals surface area (Å²) < 4.78 is 1.44. The number of anilines is 8. The molecule has 3 aliphatic heterocycles. The van der Waals surface area contributed by atoms with Crippen molar-refractivity contribution in [2.75, 3.05) is 19.6 Å². The van der Waals surface area contributed by atoms with Crippen molar-refractivity contribution in [1.29, 1.82) is 0 Å². The zero-order valence-electron chi connectivity index (χ0n) is 38.9.